The number of aliphatic hydroxyl groups is 1. The number of amides is 3. The lowest BCUT2D eigenvalue weighted by atomic mass is 9.70. The molecule has 3 saturated heterocycles. The van der Waals surface area contributed by atoms with Crippen molar-refractivity contribution in [2.24, 2.45) is 11.8 Å². The number of para-hydroxylation sites is 1. The zero-order valence-electron chi connectivity index (χ0n) is 17.9. The van der Waals surface area contributed by atoms with E-state index in [2.05, 4.69) is 26.6 Å². The van der Waals surface area contributed by atoms with Gasteiger partial charge in [-0.3, -0.25) is 14.4 Å². The Balaban J connectivity index is 1.74. The Morgan fingerprint density at radius 2 is 1.97 bits per heavy atom. The van der Waals surface area contributed by atoms with Gasteiger partial charge in [-0.25, -0.2) is 0 Å². The van der Waals surface area contributed by atoms with Crippen molar-refractivity contribution in [3.8, 4) is 0 Å². The molecule has 7 nitrogen and oxygen atoms in total. The first-order valence-electron chi connectivity index (χ1n) is 10.6. The largest absolute Gasteiger partial charge is 0.396 e. The molecule has 9 heteroatoms. The number of benzene rings is 1. The van der Waals surface area contributed by atoms with E-state index < -0.39 is 22.6 Å². The van der Waals surface area contributed by atoms with Gasteiger partial charge >= 0.3 is 0 Å². The third kappa shape index (κ3) is 3.40. The van der Waals surface area contributed by atoms with E-state index in [9.17, 15) is 19.5 Å². The minimum Gasteiger partial charge on any atom is -0.396 e. The minimum absolute atomic E-state index is 0.0515. The van der Waals surface area contributed by atoms with E-state index in [1.165, 1.54) is 0 Å². The van der Waals surface area contributed by atoms with Crippen LogP contribution in [-0.4, -0.2) is 68.8 Å². The summed E-state index contributed by atoms with van der Waals surface area (Å²) >= 11 is 5.33. The smallest absolute Gasteiger partial charge is 0.248 e. The molecule has 6 atom stereocenters. The molecular weight excluding hydrogens is 482 g/mol. The number of halogens is 1. The van der Waals surface area contributed by atoms with Gasteiger partial charge in [-0.1, -0.05) is 34.1 Å². The molecule has 168 valence electrons. The summed E-state index contributed by atoms with van der Waals surface area (Å²) in [5.41, 5.74) is 2.68. The summed E-state index contributed by atoms with van der Waals surface area (Å²) in [6.45, 7) is 4.11. The molecule has 3 heterocycles. The van der Waals surface area contributed by atoms with Crippen molar-refractivity contribution in [1.82, 2.24) is 10.2 Å². The molecule has 3 fully saturated rings. The van der Waals surface area contributed by atoms with E-state index in [1.54, 1.807) is 23.7 Å². The Kier molecular flexibility index (Phi) is 6.13. The van der Waals surface area contributed by atoms with Crippen molar-refractivity contribution < 1.29 is 19.5 Å². The Bertz CT molecular complexity index is 908. The molecule has 3 unspecified atom stereocenters. The molecule has 31 heavy (non-hydrogen) atoms. The summed E-state index contributed by atoms with van der Waals surface area (Å²) in [4.78, 5) is 41.7. The average Bonchev–Trinajstić information content (AvgIpc) is 3.32. The predicted molar refractivity (Wildman–Crippen MR) is 124 cm³/mol. The first kappa shape index (κ1) is 22.6. The highest BCUT2D eigenvalue weighted by Gasteiger charge is 2.75. The molecule has 3 amide bonds. The fraction of sp³-hybridized carbons (Fsp3) is 0.591. The molecule has 3 aliphatic rings. The molecular formula is C22H28BrN3O4S. The first-order valence-corrected chi connectivity index (χ1v) is 12.4. The van der Waals surface area contributed by atoms with E-state index in [0.29, 0.717) is 12.8 Å². The molecule has 1 spiro atoms. The molecule has 0 saturated carbocycles. The zero-order valence-corrected chi connectivity index (χ0v) is 20.3. The SMILES string of the molecule is CNC(=O)[C@H]1[C@@H]2SC3(CC2Br)C(C(=O)Nc2c(C)cccc2C)N(CCCO)C(=O)[C@H]13. The molecule has 1 aromatic rings. The second kappa shape index (κ2) is 8.41. The Morgan fingerprint density at radius 3 is 2.58 bits per heavy atom. The number of hydrogen-bond donors (Lipinski definition) is 3. The lowest BCUT2D eigenvalue weighted by Crippen LogP contribution is -2.53. The van der Waals surface area contributed by atoms with Crippen LogP contribution in [0.5, 0.6) is 0 Å². The van der Waals surface area contributed by atoms with Gasteiger partial charge in [0.15, 0.2) is 0 Å². The average molecular weight is 510 g/mol. The van der Waals surface area contributed by atoms with Crippen molar-refractivity contribution in [2.75, 3.05) is 25.5 Å². The van der Waals surface area contributed by atoms with Crippen LogP contribution >= 0.6 is 27.7 Å². The summed E-state index contributed by atoms with van der Waals surface area (Å²) < 4.78 is -0.663. The highest BCUT2D eigenvalue weighted by molar-refractivity contribution is 9.09. The van der Waals surface area contributed by atoms with Gasteiger partial charge in [0, 0.05) is 36.0 Å². The highest BCUT2D eigenvalue weighted by atomic mass is 79.9. The fourth-order valence-electron chi connectivity index (χ4n) is 5.58. The maximum atomic E-state index is 13.7. The Morgan fingerprint density at radius 1 is 1.29 bits per heavy atom. The van der Waals surface area contributed by atoms with E-state index in [-0.39, 0.29) is 41.0 Å². The molecule has 0 aliphatic carbocycles. The quantitative estimate of drug-likeness (QED) is 0.508. The third-order valence-electron chi connectivity index (χ3n) is 6.87. The van der Waals surface area contributed by atoms with Crippen LogP contribution in [0.4, 0.5) is 5.69 Å². The number of hydrogen-bond acceptors (Lipinski definition) is 5. The number of rotatable bonds is 6. The normalized spacial score (nSPS) is 33.5. The van der Waals surface area contributed by atoms with E-state index in [4.69, 9.17) is 0 Å². The molecule has 0 radical (unpaired) electrons. The maximum Gasteiger partial charge on any atom is 0.248 e. The van der Waals surface area contributed by atoms with Crippen molar-refractivity contribution in [1.29, 1.82) is 0 Å². The van der Waals surface area contributed by atoms with Crippen LogP contribution in [0.2, 0.25) is 0 Å². The first-order chi connectivity index (χ1) is 14.8. The molecule has 3 N–H and O–H groups in total. The summed E-state index contributed by atoms with van der Waals surface area (Å²) in [6.07, 6.45) is 1.03. The van der Waals surface area contributed by atoms with Crippen LogP contribution in [-0.2, 0) is 14.4 Å². The van der Waals surface area contributed by atoms with Crippen molar-refractivity contribution in [3.63, 3.8) is 0 Å². The Labute approximate surface area is 194 Å². The zero-order chi connectivity index (χ0) is 22.5. The second-order valence-corrected chi connectivity index (χ2v) is 11.4. The van der Waals surface area contributed by atoms with E-state index in [1.807, 2.05) is 32.0 Å². The number of carbonyl (C=O) groups is 3. The number of nitrogens with zero attached hydrogens (tertiary/aromatic N) is 1. The van der Waals surface area contributed by atoms with Gasteiger partial charge in [0.2, 0.25) is 17.7 Å². The molecule has 4 rings (SSSR count). The highest BCUT2D eigenvalue weighted by Crippen LogP contribution is 2.67. The van der Waals surface area contributed by atoms with Gasteiger partial charge in [0.05, 0.1) is 16.6 Å². The van der Waals surface area contributed by atoms with Crippen molar-refractivity contribution in [2.45, 2.75) is 47.6 Å². The standard InChI is InChI=1S/C22H28BrN3O4S/c1-11-6-4-7-12(2)16(11)25-20(29)18-22-10-13(23)17(31-22)14(19(28)24-3)15(22)21(30)26(18)8-5-9-27/h4,6-7,13-15,17-18,27H,5,8-10H2,1-3H3,(H,24,28)(H,25,29)/t13?,14-,15+,17-,18?,22?/m1/s1. The Hall–Kier alpha value is -1.58. The number of fused-ring (bicyclic) bond motifs is 1. The van der Waals surface area contributed by atoms with Crippen LogP contribution in [0.15, 0.2) is 18.2 Å². The number of thioether (sulfide) groups is 1. The number of aliphatic hydroxyl groups excluding tert-OH is 1. The van der Waals surface area contributed by atoms with Gasteiger partial charge in [-0.2, -0.15) is 0 Å². The van der Waals surface area contributed by atoms with Gasteiger partial charge in [-0.05, 0) is 37.8 Å². The number of anilines is 1. The van der Waals surface area contributed by atoms with Crippen LogP contribution in [0.25, 0.3) is 0 Å². The van der Waals surface area contributed by atoms with Crippen LogP contribution in [0, 0.1) is 25.7 Å². The topological polar surface area (TPSA) is 98.7 Å². The second-order valence-electron chi connectivity index (χ2n) is 8.64. The summed E-state index contributed by atoms with van der Waals surface area (Å²) in [7, 11) is 1.59. The fourth-order valence-corrected chi connectivity index (χ4v) is 9.19. The number of likely N-dealkylation sites (tertiary alicyclic amines) is 1. The maximum absolute atomic E-state index is 13.7. The lowest BCUT2D eigenvalue weighted by Gasteiger charge is -2.35. The molecule has 0 aromatic heterocycles. The summed E-state index contributed by atoms with van der Waals surface area (Å²) in [5.74, 6) is -1.55. The lowest BCUT2D eigenvalue weighted by molar-refractivity contribution is -0.139. The van der Waals surface area contributed by atoms with Crippen LogP contribution < -0.4 is 10.6 Å². The summed E-state index contributed by atoms with van der Waals surface area (Å²) in [5, 5.41) is 15.1. The van der Waals surface area contributed by atoms with Crippen LogP contribution in [0.1, 0.15) is 24.0 Å². The van der Waals surface area contributed by atoms with E-state index in [0.717, 1.165) is 16.8 Å². The molecule has 1 aromatic carbocycles. The number of nitrogens with one attached hydrogen (secondary N) is 2. The van der Waals surface area contributed by atoms with Gasteiger partial charge in [0.25, 0.3) is 0 Å². The molecule has 3 aliphatic heterocycles. The van der Waals surface area contributed by atoms with Crippen molar-refractivity contribution in [3.05, 3.63) is 29.3 Å². The van der Waals surface area contributed by atoms with Crippen LogP contribution in [0.3, 0.4) is 0 Å². The third-order valence-corrected chi connectivity index (χ3v) is 10.1. The van der Waals surface area contributed by atoms with Crippen molar-refractivity contribution >= 4 is 51.1 Å². The number of carbonyl (C=O) groups excluding carboxylic acids is 3. The van der Waals surface area contributed by atoms with Gasteiger partial charge < -0.3 is 20.6 Å². The predicted octanol–water partition coefficient (Wildman–Crippen LogP) is 1.83. The monoisotopic (exact) mass is 509 g/mol. The number of aryl methyl sites for hydroxylation is 2. The summed E-state index contributed by atoms with van der Waals surface area (Å²) in [6, 6.07) is 5.14. The van der Waals surface area contributed by atoms with E-state index >= 15 is 0 Å². The minimum atomic E-state index is -0.694. The molecule has 2 bridgehead atoms. The van der Waals surface area contributed by atoms with Gasteiger partial charge in [0.1, 0.15) is 6.04 Å². The van der Waals surface area contributed by atoms with Gasteiger partial charge in [-0.15, -0.1) is 11.8 Å². The number of alkyl halides is 1.